The number of rotatable bonds is 3. The molecule has 0 aromatic heterocycles. The number of benzene rings is 2. The summed E-state index contributed by atoms with van der Waals surface area (Å²) in [6.07, 6.45) is 0.995. The van der Waals surface area contributed by atoms with Crippen LogP contribution in [0.4, 0.5) is 0 Å². The van der Waals surface area contributed by atoms with Crippen LogP contribution in [0.15, 0.2) is 48.5 Å². The van der Waals surface area contributed by atoms with E-state index in [1.807, 2.05) is 42.5 Å². The molecule has 2 aromatic carbocycles. The van der Waals surface area contributed by atoms with E-state index in [-0.39, 0.29) is 5.91 Å². The minimum Gasteiger partial charge on any atom is -0.348 e. The average molecular weight is 266 g/mol. The predicted molar refractivity (Wildman–Crippen MR) is 79.5 cm³/mol. The number of carbonyl (C=O) groups excluding carboxylic acids is 1. The summed E-state index contributed by atoms with van der Waals surface area (Å²) < 4.78 is 0. The van der Waals surface area contributed by atoms with Crippen molar-refractivity contribution < 1.29 is 4.79 Å². The molecule has 1 heterocycles. The Bertz CT molecular complexity index is 608. The number of carbonyl (C=O) groups is 1. The normalized spacial score (nSPS) is 13.6. The van der Waals surface area contributed by atoms with E-state index in [9.17, 15) is 4.79 Å². The van der Waals surface area contributed by atoms with Gasteiger partial charge in [0, 0.05) is 18.7 Å². The highest BCUT2D eigenvalue weighted by Gasteiger charge is 2.16. The van der Waals surface area contributed by atoms with E-state index < -0.39 is 0 Å². The lowest BCUT2D eigenvalue weighted by molar-refractivity contribution is 0.0949. The molecule has 0 saturated carbocycles. The van der Waals surface area contributed by atoms with E-state index in [2.05, 4.69) is 16.7 Å². The van der Waals surface area contributed by atoms with Crippen LogP contribution >= 0.6 is 0 Å². The molecule has 3 rings (SSSR count). The van der Waals surface area contributed by atoms with E-state index in [1.165, 1.54) is 5.56 Å². The topological polar surface area (TPSA) is 41.1 Å². The Morgan fingerprint density at radius 1 is 1.10 bits per heavy atom. The second kappa shape index (κ2) is 5.88. The summed E-state index contributed by atoms with van der Waals surface area (Å²) in [5.74, 6) is 0.00871. The maximum absolute atomic E-state index is 12.4. The third-order valence-corrected chi connectivity index (χ3v) is 3.69. The summed E-state index contributed by atoms with van der Waals surface area (Å²) in [4.78, 5) is 12.4. The van der Waals surface area contributed by atoms with Gasteiger partial charge in [-0.2, -0.15) is 0 Å². The van der Waals surface area contributed by atoms with Crippen molar-refractivity contribution in [3.8, 4) is 0 Å². The summed E-state index contributed by atoms with van der Waals surface area (Å²) in [5, 5.41) is 6.33. The van der Waals surface area contributed by atoms with E-state index >= 15 is 0 Å². The first kappa shape index (κ1) is 12.9. The van der Waals surface area contributed by atoms with Gasteiger partial charge in [0.15, 0.2) is 0 Å². The molecule has 1 aliphatic rings. The number of hydrogen-bond acceptors (Lipinski definition) is 2. The molecular formula is C17H18N2O. The van der Waals surface area contributed by atoms with E-state index in [1.54, 1.807) is 0 Å². The minimum absolute atomic E-state index is 0.00871. The van der Waals surface area contributed by atoms with Crippen LogP contribution in [0.1, 0.15) is 27.0 Å². The SMILES string of the molecule is O=C(NCc1ccccc1)c1cccc2c1CNCC2. The van der Waals surface area contributed by atoms with Crippen LogP contribution in [0.2, 0.25) is 0 Å². The molecule has 3 nitrogen and oxygen atoms in total. The van der Waals surface area contributed by atoms with Gasteiger partial charge < -0.3 is 10.6 Å². The van der Waals surface area contributed by atoms with Crippen LogP contribution in [-0.2, 0) is 19.5 Å². The molecule has 102 valence electrons. The van der Waals surface area contributed by atoms with Crippen molar-refractivity contribution in [1.29, 1.82) is 0 Å². The molecule has 2 aromatic rings. The fourth-order valence-corrected chi connectivity index (χ4v) is 2.60. The minimum atomic E-state index is 0.00871. The van der Waals surface area contributed by atoms with Crippen molar-refractivity contribution in [2.45, 2.75) is 19.5 Å². The van der Waals surface area contributed by atoms with Crippen LogP contribution in [-0.4, -0.2) is 12.5 Å². The Morgan fingerprint density at radius 3 is 2.80 bits per heavy atom. The van der Waals surface area contributed by atoms with E-state index in [0.29, 0.717) is 6.54 Å². The number of fused-ring (bicyclic) bond motifs is 1. The van der Waals surface area contributed by atoms with Crippen LogP contribution in [0.3, 0.4) is 0 Å². The Balaban J connectivity index is 1.74. The first-order valence-corrected chi connectivity index (χ1v) is 6.98. The first-order chi connectivity index (χ1) is 9.84. The number of nitrogens with one attached hydrogen (secondary N) is 2. The molecule has 0 atom stereocenters. The molecule has 0 unspecified atom stereocenters. The highest BCUT2D eigenvalue weighted by Crippen LogP contribution is 2.18. The van der Waals surface area contributed by atoms with Gasteiger partial charge in [-0.25, -0.2) is 0 Å². The van der Waals surface area contributed by atoms with Crippen molar-refractivity contribution in [2.75, 3.05) is 6.54 Å². The van der Waals surface area contributed by atoms with Gasteiger partial charge in [0.1, 0.15) is 0 Å². The summed E-state index contributed by atoms with van der Waals surface area (Å²) in [5.41, 5.74) is 4.34. The molecule has 0 spiro atoms. The summed E-state index contributed by atoms with van der Waals surface area (Å²) in [6, 6.07) is 16.0. The maximum atomic E-state index is 12.4. The molecule has 3 heteroatoms. The monoisotopic (exact) mass is 266 g/mol. The second-order valence-electron chi connectivity index (χ2n) is 5.04. The zero-order valence-electron chi connectivity index (χ0n) is 11.4. The fourth-order valence-electron chi connectivity index (χ4n) is 2.60. The van der Waals surface area contributed by atoms with Crippen molar-refractivity contribution >= 4 is 5.91 Å². The molecule has 1 amide bonds. The van der Waals surface area contributed by atoms with Gasteiger partial charge in [0.2, 0.25) is 0 Å². The molecule has 0 saturated heterocycles. The Hall–Kier alpha value is -2.13. The summed E-state index contributed by atoms with van der Waals surface area (Å²) >= 11 is 0. The Kier molecular flexibility index (Phi) is 3.79. The van der Waals surface area contributed by atoms with Crippen molar-refractivity contribution in [3.63, 3.8) is 0 Å². The third-order valence-electron chi connectivity index (χ3n) is 3.69. The molecule has 0 radical (unpaired) electrons. The van der Waals surface area contributed by atoms with Gasteiger partial charge in [-0.1, -0.05) is 42.5 Å². The van der Waals surface area contributed by atoms with Crippen LogP contribution in [0, 0.1) is 0 Å². The lowest BCUT2D eigenvalue weighted by Crippen LogP contribution is -2.29. The highest BCUT2D eigenvalue weighted by atomic mass is 16.1. The standard InChI is InChI=1S/C17H18N2O/c20-17(19-11-13-5-2-1-3-6-13)15-8-4-7-14-9-10-18-12-16(14)15/h1-8,18H,9-12H2,(H,19,20). The molecule has 20 heavy (non-hydrogen) atoms. The van der Waals surface area contributed by atoms with Crippen molar-refractivity contribution in [1.82, 2.24) is 10.6 Å². The zero-order valence-corrected chi connectivity index (χ0v) is 11.4. The molecule has 0 aliphatic carbocycles. The van der Waals surface area contributed by atoms with E-state index in [4.69, 9.17) is 0 Å². The summed E-state index contributed by atoms with van der Waals surface area (Å²) in [6.45, 7) is 2.34. The van der Waals surface area contributed by atoms with Gasteiger partial charge in [0.25, 0.3) is 5.91 Å². The van der Waals surface area contributed by atoms with Crippen LogP contribution in [0.25, 0.3) is 0 Å². The van der Waals surface area contributed by atoms with E-state index in [0.717, 1.165) is 36.2 Å². The van der Waals surface area contributed by atoms with Crippen LogP contribution < -0.4 is 10.6 Å². The smallest absolute Gasteiger partial charge is 0.251 e. The summed E-state index contributed by atoms with van der Waals surface area (Å²) in [7, 11) is 0. The van der Waals surface area contributed by atoms with Gasteiger partial charge in [-0.15, -0.1) is 0 Å². The second-order valence-corrected chi connectivity index (χ2v) is 5.04. The van der Waals surface area contributed by atoms with Crippen molar-refractivity contribution in [3.05, 3.63) is 70.8 Å². The van der Waals surface area contributed by atoms with Gasteiger partial charge in [-0.05, 0) is 35.7 Å². The molecule has 2 N–H and O–H groups in total. The lowest BCUT2D eigenvalue weighted by Gasteiger charge is -2.20. The molecular weight excluding hydrogens is 248 g/mol. The zero-order chi connectivity index (χ0) is 13.8. The largest absolute Gasteiger partial charge is 0.348 e. The molecule has 0 fully saturated rings. The quantitative estimate of drug-likeness (QED) is 0.894. The average Bonchev–Trinajstić information content (AvgIpc) is 2.53. The number of amides is 1. The number of hydrogen-bond donors (Lipinski definition) is 2. The van der Waals surface area contributed by atoms with Crippen LogP contribution in [0.5, 0.6) is 0 Å². The van der Waals surface area contributed by atoms with Crippen molar-refractivity contribution in [2.24, 2.45) is 0 Å². The molecule has 1 aliphatic heterocycles. The highest BCUT2D eigenvalue weighted by molar-refractivity contribution is 5.96. The van der Waals surface area contributed by atoms with Gasteiger partial charge >= 0.3 is 0 Å². The first-order valence-electron chi connectivity index (χ1n) is 6.98. The fraction of sp³-hybridized carbons (Fsp3) is 0.235. The lowest BCUT2D eigenvalue weighted by atomic mass is 9.95. The third kappa shape index (κ3) is 2.73. The van der Waals surface area contributed by atoms with Gasteiger partial charge in [0.05, 0.1) is 0 Å². The molecule has 0 bridgehead atoms. The Labute approximate surface area is 119 Å². The van der Waals surface area contributed by atoms with Gasteiger partial charge in [-0.3, -0.25) is 4.79 Å². The maximum Gasteiger partial charge on any atom is 0.251 e. The Morgan fingerprint density at radius 2 is 1.95 bits per heavy atom. The predicted octanol–water partition coefficient (Wildman–Crippen LogP) is 2.26.